The molecule has 5 nitrogen and oxygen atoms in total. The first-order chi connectivity index (χ1) is 16.3. The molecule has 0 aromatic heterocycles. The number of anilines is 1. The Balaban J connectivity index is 1.86. The Hall–Kier alpha value is -2.69. The van der Waals surface area contributed by atoms with Crippen LogP contribution in [0.3, 0.4) is 0 Å². The molecule has 0 unspecified atom stereocenters. The first-order valence-electron chi connectivity index (χ1n) is 10.0. The average Bonchev–Trinajstić information content (AvgIpc) is 2.81. The topological polar surface area (TPSA) is 71.3 Å². The molecule has 1 amide bonds. The smallest absolute Gasteiger partial charge is 0.266 e. The predicted octanol–water partition coefficient (Wildman–Crippen LogP) is 7.93. The first kappa shape index (κ1) is 25.9. The number of ether oxygens (including phenoxy) is 2. The number of hydrogen-bond donors (Lipinski definition) is 1. The van der Waals surface area contributed by atoms with Gasteiger partial charge in [0.25, 0.3) is 5.91 Å². The van der Waals surface area contributed by atoms with Gasteiger partial charge in [-0.2, -0.15) is 5.26 Å². The van der Waals surface area contributed by atoms with Crippen LogP contribution in [0.1, 0.15) is 18.1 Å². The highest BCUT2D eigenvalue weighted by atomic mass is 79.9. The van der Waals surface area contributed by atoms with Crippen LogP contribution in [0, 0.1) is 11.3 Å². The third-order valence-corrected chi connectivity index (χ3v) is 6.16. The lowest BCUT2D eigenvalue weighted by Gasteiger charge is -2.15. The number of nitriles is 1. The van der Waals surface area contributed by atoms with Gasteiger partial charge < -0.3 is 14.8 Å². The van der Waals surface area contributed by atoms with Gasteiger partial charge in [0.05, 0.1) is 26.8 Å². The van der Waals surface area contributed by atoms with E-state index in [1.807, 2.05) is 25.1 Å². The zero-order chi connectivity index (χ0) is 24.7. The van der Waals surface area contributed by atoms with E-state index in [9.17, 15) is 10.1 Å². The van der Waals surface area contributed by atoms with Gasteiger partial charge in [-0.15, -0.1) is 0 Å². The van der Waals surface area contributed by atoms with Crippen LogP contribution in [0.15, 0.2) is 64.6 Å². The van der Waals surface area contributed by atoms with Crippen molar-refractivity contribution in [3.05, 3.63) is 90.8 Å². The van der Waals surface area contributed by atoms with Crippen molar-refractivity contribution in [1.29, 1.82) is 5.26 Å². The quantitative estimate of drug-likeness (QED) is 0.217. The number of benzene rings is 3. The van der Waals surface area contributed by atoms with E-state index in [1.54, 1.807) is 42.5 Å². The second-order valence-electron chi connectivity index (χ2n) is 6.90. The van der Waals surface area contributed by atoms with Crippen molar-refractivity contribution >= 4 is 68.4 Å². The van der Waals surface area contributed by atoms with Gasteiger partial charge in [-0.05, 0) is 76.5 Å². The van der Waals surface area contributed by atoms with Crippen molar-refractivity contribution in [1.82, 2.24) is 0 Å². The second kappa shape index (κ2) is 12.1. The molecule has 3 aromatic carbocycles. The maximum atomic E-state index is 12.7. The minimum atomic E-state index is -0.621. The number of halogens is 4. The van der Waals surface area contributed by atoms with E-state index in [4.69, 9.17) is 44.3 Å². The van der Waals surface area contributed by atoms with Crippen molar-refractivity contribution in [3.63, 3.8) is 0 Å². The minimum Gasteiger partial charge on any atom is -0.490 e. The third-order valence-electron chi connectivity index (χ3n) is 4.50. The average molecular weight is 581 g/mol. The van der Waals surface area contributed by atoms with Crippen LogP contribution in [0.25, 0.3) is 6.08 Å². The van der Waals surface area contributed by atoms with Gasteiger partial charge >= 0.3 is 0 Å². The van der Waals surface area contributed by atoms with E-state index < -0.39 is 5.91 Å². The van der Waals surface area contributed by atoms with Crippen molar-refractivity contribution in [3.8, 4) is 17.6 Å². The summed E-state index contributed by atoms with van der Waals surface area (Å²) >= 11 is 21.6. The summed E-state index contributed by atoms with van der Waals surface area (Å²) in [6.45, 7) is 2.55. The summed E-state index contributed by atoms with van der Waals surface area (Å²) in [6.07, 6.45) is 1.45. The monoisotopic (exact) mass is 578 g/mol. The number of nitrogens with zero attached hydrogens (tertiary/aromatic N) is 1. The van der Waals surface area contributed by atoms with Crippen molar-refractivity contribution in [2.75, 3.05) is 11.9 Å². The van der Waals surface area contributed by atoms with Gasteiger partial charge in [0.1, 0.15) is 18.2 Å². The number of hydrogen-bond acceptors (Lipinski definition) is 4. The molecular weight excluding hydrogens is 563 g/mol. The second-order valence-corrected chi connectivity index (χ2v) is 8.98. The highest BCUT2D eigenvalue weighted by molar-refractivity contribution is 9.10. The molecular formula is C25H18BrCl3N2O3. The normalized spacial score (nSPS) is 11.0. The summed E-state index contributed by atoms with van der Waals surface area (Å²) in [5.41, 5.74) is 1.69. The molecule has 0 heterocycles. The van der Waals surface area contributed by atoms with E-state index in [-0.39, 0.29) is 10.6 Å². The Morgan fingerprint density at radius 2 is 1.85 bits per heavy atom. The maximum absolute atomic E-state index is 12.7. The fourth-order valence-electron chi connectivity index (χ4n) is 2.92. The van der Waals surface area contributed by atoms with Crippen molar-refractivity contribution in [2.24, 2.45) is 0 Å². The van der Waals surface area contributed by atoms with Crippen LogP contribution < -0.4 is 14.8 Å². The van der Waals surface area contributed by atoms with E-state index in [0.717, 1.165) is 5.56 Å². The number of carbonyl (C=O) groups excluding carboxylic acids is 1. The van der Waals surface area contributed by atoms with E-state index in [0.29, 0.717) is 50.5 Å². The fourth-order valence-corrected chi connectivity index (χ4v) is 3.96. The summed E-state index contributed by atoms with van der Waals surface area (Å²) < 4.78 is 12.3. The van der Waals surface area contributed by atoms with Crippen molar-refractivity contribution < 1.29 is 14.3 Å². The molecule has 0 aliphatic carbocycles. The summed E-state index contributed by atoms with van der Waals surface area (Å²) in [5.74, 6) is 0.346. The van der Waals surface area contributed by atoms with Gasteiger partial charge in [-0.25, -0.2) is 0 Å². The van der Waals surface area contributed by atoms with E-state index in [2.05, 4.69) is 21.2 Å². The summed E-state index contributed by atoms with van der Waals surface area (Å²) in [5, 5.41) is 13.3. The Bertz CT molecular complexity index is 1270. The molecule has 0 saturated heterocycles. The molecule has 0 bridgehead atoms. The van der Waals surface area contributed by atoms with Gasteiger partial charge in [0, 0.05) is 5.02 Å². The Labute approximate surface area is 221 Å². The molecule has 3 rings (SSSR count). The highest BCUT2D eigenvalue weighted by Crippen LogP contribution is 2.38. The standard InChI is InChI=1S/C25H18BrCl3N2O3/c1-2-33-22-12-16(11-19(26)24(22)34-14-15-6-8-18(27)9-7-15)10-17(13-30)25(32)31-21-5-3-4-20(28)23(21)29/h3-12H,2,14H2,1H3,(H,31,32)/b17-10-. The van der Waals surface area contributed by atoms with Gasteiger partial charge in [0.15, 0.2) is 11.5 Å². The van der Waals surface area contributed by atoms with Crippen LogP contribution in [-0.4, -0.2) is 12.5 Å². The van der Waals surface area contributed by atoms with Crippen molar-refractivity contribution in [2.45, 2.75) is 13.5 Å². The molecule has 0 aliphatic heterocycles. The molecule has 0 atom stereocenters. The van der Waals surface area contributed by atoms with Gasteiger partial charge in [-0.3, -0.25) is 4.79 Å². The first-order valence-corrected chi connectivity index (χ1v) is 12.0. The number of rotatable bonds is 8. The molecule has 34 heavy (non-hydrogen) atoms. The lowest BCUT2D eigenvalue weighted by atomic mass is 10.1. The van der Waals surface area contributed by atoms with Crippen LogP contribution in [0.4, 0.5) is 5.69 Å². The highest BCUT2D eigenvalue weighted by Gasteiger charge is 2.16. The molecule has 1 N–H and O–H groups in total. The van der Waals surface area contributed by atoms with E-state index >= 15 is 0 Å². The zero-order valence-electron chi connectivity index (χ0n) is 17.9. The molecule has 0 fully saturated rings. The lowest BCUT2D eigenvalue weighted by Crippen LogP contribution is -2.13. The molecule has 0 spiro atoms. The largest absolute Gasteiger partial charge is 0.490 e. The lowest BCUT2D eigenvalue weighted by molar-refractivity contribution is -0.112. The zero-order valence-corrected chi connectivity index (χ0v) is 21.7. The molecule has 9 heteroatoms. The Morgan fingerprint density at radius 1 is 1.12 bits per heavy atom. The Kier molecular flexibility index (Phi) is 9.26. The minimum absolute atomic E-state index is 0.125. The number of nitrogens with one attached hydrogen (secondary N) is 1. The number of carbonyl (C=O) groups is 1. The fraction of sp³-hybridized carbons (Fsp3) is 0.120. The molecule has 174 valence electrons. The van der Waals surface area contributed by atoms with Gasteiger partial charge in [-0.1, -0.05) is 53.0 Å². The summed E-state index contributed by atoms with van der Waals surface area (Å²) in [7, 11) is 0. The van der Waals surface area contributed by atoms with Crippen LogP contribution in [-0.2, 0) is 11.4 Å². The SMILES string of the molecule is CCOc1cc(/C=C(/C#N)C(=O)Nc2cccc(Cl)c2Cl)cc(Br)c1OCc1ccc(Cl)cc1. The summed E-state index contributed by atoms with van der Waals surface area (Å²) in [6, 6.07) is 17.5. The molecule has 0 radical (unpaired) electrons. The van der Waals surface area contributed by atoms with Crippen LogP contribution >= 0.6 is 50.7 Å². The third kappa shape index (κ3) is 6.68. The molecule has 0 saturated carbocycles. The van der Waals surface area contributed by atoms with Gasteiger partial charge in [0.2, 0.25) is 0 Å². The van der Waals surface area contributed by atoms with Crippen LogP contribution in [0.2, 0.25) is 15.1 Å². The summed E-state index contributed by atoms with van der Waals surface area (Å²) in [4.78, 5) is 12.7. The predicted molar refractivity (Wildman–Crippen MR) is 140 cm³/mol. The molecule has 0 aliphatic rings. The van der Waals surface area contributed by atoms with E-state index in [1.165, 1.54) is 6.08 Å². The number of amides is 1. The molecule has 3 aromatic rings. The van der Waals surface area contributed by atoms with Crippen LogP contribution in [0.5, 0.6) is 11.5 Å². The maximum Gasteiger partial charge on any atom is 0.266 e. The Morgan fingerprint density at radius 3 is 2.53 bits per heavy atom.